The van der Waals surface area contributed by atoms with Crippen molar-refractivity contribution in [2.75, 3.05) is 7.05 Å². The Kier molecular flexibility index (Phi) is 7.08. The number of rotatable bonds is 7. The predicted molar refractivity (Wildman–Crippen MR) is 82.2 cm³/mol. The molecule has 1 rings (SSSR count). The van der Waals surface area contributed by atoms with Crippen LogP contribution in [0.15, 0.2) is 24.3 Å². The Morgan fingerprint density at radius 2 is 2.00 bits per heavy atom. The smallest absolute Gasteiger partial charge is 0.219 e. The lowest BCUT2D eigenvalue weighted by molar-refractivity contribution is -0.120. The number of carbonyl (C=O) groups excluding carboxylic acids is 1. The highest BCUT2D eigenvalue weighted by Gasteiger charge is 2.00. The van der Waals surface area contributed by atoms with Crippen molar-refractivity contribution < 1.29 is 9.53 Å². The van der Waals surface area contributed by atoms with E-state index in [9.17, 15) is 4.79 Å². The molecule has 1 atom stereocenters. The molecule has 1 N–H and O–H groups in total. The van der Waals surface area contributed by atoms with Crippen LogP contribution in [0, 0.1) is 0 Å². The van der Waals surface area contributed by atoms with Crippen molar-refractivity contribution in [2.24, 2.45) is 0 Å². The van der Waals surface area contributed by atoms with Gasteiger partial charge in [-0.2, -0.15) is 0 Å². The summed E-state index contributed by atoms with van der Waals surface area (Å²) in [5, 5.41) is 2.63. The Hall–Kier alpha value is -0.780. The van der Waals surface area contributed by atoms with E-state index >= 15 is 0 Å². The third kappa shape index (κ3) is 6.23. The minimum Gasteiger partial charge on any atom is -0.480 e. The van der Waals surface area contributed by atoms with Crippen molar-refractivity contribution in [1.29, 1.82) is 0 Å². The molecule has 1 aromatic rings. The normalized spacial score (nSPS) is 11.9. The maximum absolute atomic E-state index is 11.0. The molecule has 0 saturated carbocycles. The molecule has 0 saturated heterocycles. The van der Waals surface area contributed by atoms with Gasteiger partial charge in [0.15, 0.2) is 0 Å². The number of aryl methyl sites for hydroxylation is 1. The minimum absolute atomic E-state index is 0.120. The van der Waals surface area contributed by atoms with E-state index in [2.05, 4.69) is 40.0 Å². The van der Waals surface area contributed by atoms with Crippen LogP contribution in [0.1, 0.15) is 31.7 Å². The molecule has 0 aromatic heterocycles. The van der Waals surface area contributed by atoms with Gasteiger partial charge in [0.1, 0.15) is 9.86 Å². The lowest BCUT2D eigenvalue weighted by atomic mass is 10.1. The largest absolute Gasteiger partial charge is 0.480 e. The summed E-state index contributed by atoms with van der Waals surface area (Å²) in [4.78, 5) is 11.0. The second-order valence-corrected chi connectivity index (χ2v) is 5.94. The summed E-state index contributed by atoms with van der Waals surface area (Å²) in [6, 6.07) is 8.19. The zero-order chi connectivity index (χ0) is 13.4. The first-order valence-electron chi connectivity index (χ1n) is 6.22. The van der Waals surface area contributed by atoms with E-state index in [4.69, 9.17) is 4.74 Å². The molecular formula is C14H20INO2. The van der Waals surface area contributed by atoms with Gasteiger partial charge in [0.25, 0.3) is 0 Å². The summed E-state index contributed by atoms with van der Waals surface area (Å²) in [6.45, 7) is 2.01. The van der Waals surface area contributed by atoms with Crippen LogP contribution < -0.4 is 10.1 Å². The number of hydrogen-bond acceptors (Lipinski definition) is 2. The molecule has 0 fully saturated rings. The summed E-state index contributed by atoms with van der Waals surface area (Å²) < 4.78 is 5.76. The van der Waals surface area contributed by atoms with E-state index in [1.165, 1.54) is 5.56 Å². The van der Waals surface area contributed by atoms with Gasteiger partial charge in [0.2, 0.25) is 5.91 Å². The predicted octanol–water partition coefficient (Wildman–Crippen LogP) is 3.31. The molecule has 0 radical (unpaired) electrons. The fraction of sp³-hybridized carbons (Fsp3) is 0.500. The summed E-state index contributed by atoms with van der Waals surface area (Å²) in [6.07, 6.45) is 3.60. The van der Waals surface area contributed by atoms with Crippen LogP contribution in [-0.2, 0) is 11.2 Å². The number of benzene rings is 1. The highest BCUT2D eigenvalue weighted by atomic mass is 127. The Labute approximate surface area is 122 Å². The van der Waals surface area contributed by atoms with E-state index < -0.39 is 0 Å². The number of unbranched alkanes of at least 4 members (excludes halogenated alkanes) is 1. The van der Waals surface area contributed by atoms with Gasteiger partial charge in [0, 0.05) is 13.5 Å². The molecule has 1 aromatic carbocycles. The summed E-state index contributed by atoms with van der Waals surface area (Å²) >= 11 is 2.23. The zero-order valence-electron chi connectivity index (χ0n) is 10.9. The second-order valence-electron chi connectivity index (χ2n) is 4.19. The number of carbonyl (C=O) groups is 1. The molecular weight excluding hydrogens is 341 g/mol. The van der Waals surface area contributed by atoms with Crippen LogP contribution in [-0.4, -0.2) is 17.1 Å². The van der Waals surface area contributed by atoms with Crippen LogP contribution in [0.4, 0.5) is 0 Å². The number of nitrogens with one attached hydrogen (secondary N) is 1. The Balaban J connectivity index is 2.28. The van der Waals surface area contributed by atoms with E-state index in [1.54, 1.807) is 7.05 Å². The minimum atomic E-state index is 0.120. The average Bonchev–Trinajstić information content (AvgIpc) is 2.35. The van der Waals surface area contributed by atoms with Crippen molar-refractivity contribution in [3.63, 3.8) is 0 Å². The Bertz CT molecular complexity index is 363. The van der Waals surface area contributed by atoms with Crippen LogP contribution in [0.3, 0.4) is 0 Å². The highest BCUT2D eigenvalue weighted by Crippen LogP contribution is 2.17. The number of amides is 1. The molecule has 100 valence electrons. The molecule has 0 heterocycles. The Morgan fingerprint density at radius 3 is 2.56 bits per heavy atom. The average molecular weight is 361 g/mol. The van der Waals surface area contributed by atoms with Gasteiger partial charge in [-0.3, -0.25) is 4.79 Å². The molecule has 0 aliphatic rings. The monoisotopic (exact) mass is 361 g/mol. The molecule has 0 bridgehead atoms. The van der Waals surface area contributed by atoms with Gasteiger partial charge in [-0.05, 0) is 66.5 Å². The summed E-state index contributed by atoms with van der Waals surface area (Å²) in [5.74, 6) is 1.03. The first-order valence-corrected chi connectivity index (χ1v) is 7.46. The van der Waals surface area contributed by atoms with E-state index in [1.807, 2.05) is 19.1 Å². The van der Waals surface area contributed by atoms with Crippen LogP contribution in [0.2, 0.25) is 0 Å². The lowest BCUT2D eigenvalue weighted by Crippen LogP contribution is -2.16. The van der Waals surface area contributed by atoms with Gasteiger partial charge in [-0.15, -0.1) is 0 Å². The number of ether oxygens (including phenoxy) is 1. The van der Waals surface area contributed by atoms with Crippen molar-refractivity contribution in [2.45, 2.75) is 36.7 Å². The standard InChI is InChI=1S/C14H20INO2/c1-11(15)18-13-9-7-12(8-10-13)5-3-4-6-14(17)16-2/h7-11H,3-6H2,1-2H3,(H,16,17). The molecule has 18 heavy (non-hydrogen) atoms. The van der Waals surface area contributed by atoms with Gasteiger partial charge >= 0.3 is 0 Å². The van der Waals surface area contributed by atoms with Gasteiger partial charge in [-0.1, -0.05) is 12.1 Å². The fourth-order valence-electron chi connectivity index (χ4n) is 1.66. The highest BCUT2D eigenvalue weighted by molar-refractivity contribution is 14.1. The first kappa shape index (κ1) is 15.3. The van der Waals surface area contributed by atoms with Crippen molar-refractivity contribution >= 4 is 28.5 Å². The SMILES string of the molecule is CNC(=O)CCCCc1ccc(OC(C)I)cc1. The van der Waals surface area contributed by atoms with E-state index in [0.29, 0.717) is 6.42 Å². The molecule has 4 heteroatoms. The van der Waals surface area contributed by atoms with E-state index in [-0.39, 0.29) is 10.0 Å². The first-order chi connectivity index (χ1) is 8.61. The van der Waals surface area contributed by atoms with Crippen molar-refractivity contribution in [1.82, 2.24) is 5.32 Å². The van der Waals surface area contributed by atoms with Crippen LogP contribution in [0.25, 0.3) is 0 Å². The quantitative estimate of drug-likeness (QED) is 0.460. The zero-order valence-corrected chi connectivity index (χ0v) is 13.1. The fourth-order valence-corrected chi connectivity index (χ4v) is 1.96. The van der Waals surface area contributed by atoms with Gasteiger partial charge in [-0.25, -0.2) is 0 Å². The van der Waals surface area contributed by atoms with Crippen molar-refractivity contribution in [3.05, 3.63) is 29.8 Å². The second kappa shape index (κ2) is 8.34. The van der Waals surface area contributed by atoms with Gasteiger partial charge < -0.3 is 10.1 Å². The maximum Gasteiger partial charge on any atom is 0.219 e. The third-order valence-electron chi connectivity index (χ3n) is 2.62. The third-order valence-corrected chi connectivity index (χ3v) is 2.87. The number of alkyl halides is 1. The van der Waals surface area contributed by atoms with Gasteiger partial charge in [0.05, 0.1) is 0 Å². The Morgan fingerprint density at radius 1 is 1.33 bits per heavy atom. The molecule has 0 spiro atoms. The summed E-state index contributed by atoms with van der Waals surface area (Å²) in [5.41, 5.74) is 1.29. The maximum atomic E-state index is 11.0. The topological polar surface area (TPSA) is 38.3 Å². The summed E-state index contributed by atoms with van der Waals surface area (Å²) in [7, 11) is 1.68. The molecule has 1 amide bonds. The molecule has 0 aliphatic heterocycles. The molecule has 0 aliphatic carbocycles. The molecule has 1 unspecified atom stereocenters. The van der Waals surface area contributed by atoms with Crippen LogP contribution >= 0.6 is 22.6 Å². The molecule has 3 nitrogen and oxygen atoms in total. The van der Waals surface area contributed by atoms with Crippen LogP contribution in [0.5, 0.6) is 5.75 Å². The number of hydrogen-bond donors (Lipinski definition) is 1. The number of halogens is 1. The van der Waals surface area contributed by atoms with E-state index in [0.717, 1.165) is 25.0 Å². The van der Waals surface area contributed by atoms with Crippen molar-refractivity contribution in [3.8, 4) is 5.75 Å². The lowest BCUT2D eigenvalue weighted by Gasteiger charge is -2.08.